The summed E-state index contributed by atoms with van der Waals surface area (Å²) in [5, 5.41) is 14.1. The van der Waals surface area contributed by atoms with Crippen molar-refractivity contribution < 1.29 is 14.6 Å². The van der Waals surface area contributed by atoms with Crippen molar-refractivity contribution in [2.24, 2.45) is 0 Å². The van der Waals surface area contributed by atoms with Gasteiger partial charge in [0.15, 0.2) is 6.61 Å². The van der Waals surface area contributed by atoms with Gasteiger partial charge in [-0.25, -0.2) is 0 Å². The summed E-state index contributed by atoms with van der Waals surface area (Å²) in [5.41, 5.74) is 0.529. The molecule has 122 valence electrons. The van der Waals surface area contributed by atoms with E-state index in [9.17, 15) is 9.90 Å². The molecule has 0 aromatic heterocycles. The Labute approximate surface area is 148 Å². The van der Waals surface area contributed by atoms with Crippen LogP contribution in [-0.4, -0.2) is 24.2 Å². The Morgan fingerprint density at radius 1 is 1.04 bits per heavy atom. The number of carbonyl (C=O) groups excluding carboxylic acids is 1. The maximum atomic E-state index is 11.7. The van der Waals surface area contributed by atoms with Crippen LogP contribution in [0.25, 0.3) is 0 Å². The molecular formula is C16H14Cl3NO3. The van der Waals surface area contributed by atoms with Crippen LogP contribution in [0.5, 0.6) is 5.75 Å². The van der Waals surface area contributed by atoms with Crippen LogP contribution < -0.4 is 10.1 Å². The monoisotopic (exact) mass is 373 g/mol. The summed E-state index contributed by atoms with van der Waals surface area (Å²) in [6.45, 7) is -0.135. The molecule has 2 aromatic rings. The lowest BCUT2D eigenvalue weighted by Gasteiger charge is -2.13. The van der Waals surface area contributed by atoms with Gasteiger partial charge in [0.05, 0.1) is 6.10 Å². The first kappa shape index (κ1) is 17.9. The molecule has 0 heterocycles. The zero-order valence-electron chi connectivity index (χ0n) is 11.9. The van der Waals surface area contributed by atoms with Crippen molar-refractivity contribution in [3.05, 3.63) is 63.1 Å². The summed E-state index contributed by atoms with van der Waals surface area (Å²) in [5.74, 6) is 0.179. The normalized spacial score (nSPS) is 11.8. The average Bonchev–Trinajstić information content (AvgIpc) is 2.51. The first-order valence-corrected chi connectivity index (χ1v) is 7.86. The number of ether oxygens (including phenoxy) is 1. The maximum absolute atomic E-state index is 11.7. The van der Waals surface area contributed by atoms with Gasteiger partial charge < -0.3 is 15.2 Å². The minimum Gasteiger partial charge on any atom is -0.484 e. The molecule has 0 bridgehead atoms. The van der Waals surface area contributed by atoms with Gasteiger partial charge in [0.2, 0.25) is 0 Å². The highest BCUT2D eigenvalue weighted by Crippen LogP contribution is 2.23. The third-order valence-corrected chi connectivity index (χ3v) is 3.63. The van der Waals surface area contributed by atoms with Crippen molar-refractivity contribution in [2.75, 3.05) is 13.2 Å². The lowest BCUT2D eigenvalue weighted by molar-refractivity contribution is -0.123. The van der Waals surface area contributed by atoms with Gasteiger partial charge >= 0.3 is 0 Å². The Balaban J connectivity index is 1.80. The summed E-state index contributed by atoms with van der Waals surface area (Å²) in [4.78, 5) is 11.7. The number of rotatable bonds is 6. The highest BCUT2D eigenvalue weighted by Gasteiger charge is 2.11. The smallest absolute Gasteiger partial charge is 0.258 e. The van der Waals surface area contributed by atoms with E-state index in [1.165, 1.54) is 0 Å². The van der Waals surface area contributed by atoms with Gasteiger partial charge in [-0.05, 0) is 48.0 Å². The van der Waals surface area contributed by atoms with Gasteiger partial charge in [-0.15, -0.1) is 0 Å². The van der Waals surface area contributed by atoms with Crippen molar-refractivity contribution in [2.45, 2.75) is 6.10 Å². The lowest BCUT2D eigenvalue weighted by atomic mass is 10.1. The van der Waals surface area contributed by atoms with Crippen molar-refractivity contribution >= 4 is 40.7 Å². The Bertz CT molecular complexity index is 657. The Morgan fingerprint density at radius 2 is 1.65 bits per heavy atom. The van der Waals surface area contributed by atoms with Crippen LogP contribution in [0.2, 0.25) is 15.1 Å². The van der Waals surface area contributed by atoms with E-state index in [1.807, 2.05) is 0 Å². The van der Waals surface area contributed by atoms with Crippen molar-refractivity contribution in [3.8, 4) is 5.75 Å². The molecule has 0 aliphatic heterocycles. The first-order chi connectivity index (χ1) is 10.9. The van der Waals surface area contributed by atoms with Crippen LogP contribution in [0.4, 0.5) is 0 Å². The zero-order chi connectivity index (χ0) is 16.8. The Hall–Kier alpha value is -1.46. The molecule has 0 saturated carbocycles. The van der Waals surface area contributed by atoms with E-state index in [0.29, 0.717) is 26.4 Å². The Morgan fingerprint density at radius 3 is 2.26 bits per heavy atom. The molecule has 2 N–H and O–H groups in total. The minimum absolute atomic E-state index is 0.0273. The second kappa shape index (κ2) is 8.41. The molecule has 0 saturated heterocycles. The standard InChI is InChI=1S/C16H14Cl3NO3/c17-11-1-3-14(4-2-11)23-9-16(22)20-8-15(21)10-5-12(18)7-13(19)6-10/h1-7,15,21H,8-9H2,(H,20,22). The van der Waals surface area contributed by atoms with E-state index < -0.39 is 6.10 Å². The molecule has 2 rings (SSSR count). The number of aliphatic hydroxyl groups excluding tert-OH is 1. The first-order valence-electron chi connectivity index (χ1n) is 6.73. The number of hydrogen-bond donors (Lipinski definition) is 2. The fourth-order valence-corrected chi connectivity index (χ4v) is 2.50. The van der Waals surface area contributed by atoms with Gasteiger partial charge in [0.1, 0.15) is 5.75 Å². The number of aliphatic hydroxyl groups is 1. The van der Waals surface area contributed by atoms with Gasteiger partial charge in [0.25, 0.3) is 5.91 Å². The largest absolute Gasteiger partial charge is 0.484 e. The molecule has 4 nitrogen and oxygen atoms in total. The number of benzene rings is 2. The molecule has 0 spiro atoms. The van der Waals surface area contributed by atoms with Crippen LogP contribution in [0.1, 0.15) is 11.7 Å². The number of amides is 1. The predicted octanol–water partition coefficient (Wildman–Crippen LogP) is 3.88. The predicted molar refractivity (Wildman–Crippen MR) is 91.4 cm³/mol. The summed E-state index contributed by atoms with van der Waals surface area (Å²) < 4.78 is 5.30. The molecular weight excluding hydrogens is 361 g/mol. The quantitative estimate of drug-likeness (QED) is 0.807. The molecule has 1 amide bonds. The second-order valence-corrected chi connectivity index (χ2v) is 6.07. The molecule has 7 heteroatoms. The van der Waals surface area contributed by atoms with E-state index in [1.54, 1.807) is 42.5 Å². The third-order valence-electron chi connectivity index (χ3n) is 2.95. The number of halogens is 3. The zero-order valence-corrected chi connectivity index (χ0v) is 14.2. The van der Waals surface area contributed by atoms with Crippen molar-refractivity contribution in [3.63, 3.8) is 0 Å². The SMILES string of the molecule is O=C(COc1ccc(Cl)cc1)NCC(O)c1cc(Cl)cc(Cl)c1. The topological polar surface area (TPSA) is 58.6 Å². The Kier molecular flexibility index (Phi) is 6.54. The van der Waals surface area contributed by atoms with E-state index in [2.05, 4.69) is 5.32 Å². The number of hydrogen-bond acceptors (Lipinski definition) is 3. The van der Waals surface area contributed by atoms with E-state index in [0.717, 1.165) is 0 Å². The second-order valence-electron chi connectivity index (χ2n) is 4.77. The molecule has 0 aliphatic carbocycles. The fraction of sp³-hybridized carbons (Fsp3) is 0.188. The molecule has 0 radical (unpaired) electrons. The summed E-state index contributed by atoms with van der Waals surface area (Å²) >= 11 is 17.5. The molecule has 23 heavy (non-hydrogen) atoms. The van der Waals surface area contributed by atoms with Crippen LogP contribution >= 0.6 is 34.8 Å². The summed E-state index contributed by atoms with van der Waals surface area (Å²) in [6, 6.07) is 11.4. The number of carbonyl (C=O) groups is 1. The van der Waals surface area contributed by atoms with Crippen molar-refractivity contribution in [1.29, 1.82) is 0 Å². The van der Waals surface area contributed by atoms with Crippen LogP contribution in [0.3, 0.4) is 0 Å². The fourth-order valence-electron chi connectivity index (χ4n) is 1.83. The molecule has 0 aliphatic rings. The van der Waals surface area contributed by atoms with Gasteiger partial charge in [-0.1, -0.05) is 34.8 Å². The maximum Gasteiger partial charge on any atom is 0.258 e. The highest BCUT2D eigenvalue weighted by molar-refractivity contribution is 6.34. The van der Waals surface area contributed by atoms with E-state index in [-0.39, 0.29) is 19.1 Å². The van der Waals surface area contributed by atoms with E-state index in [4.69, 9.17) is 39.5 Å². The molecule has 2 aromatic carbocycles. The van der Waals surface area contributed by atoms with Gasteiger partial charge in [-0.2, -0.15) is 0 Å². The van der Waals surface area contributed by atoms with Crippen LogP contribution in [-0.2, 0) is 4.79 Å². The van der Waals surface area contributed by atoms with Gasteiger partial charge in [0, 0.05) is 21.6 Å². The minimum atomic E-state index is -0.911. The lowest BCUT2D eigenvalue weighted by Crippen LogP contribution is -2.32. The highest BCUT2D eigenvalue weighted by atomic mass is 35.5. The third kappa shape index (κ3) is 5.92. The van der Waals surface area contributed by atoms with E-state index >= 15 is 0 Å². The van der Waals surface area contributed by atoms with Gasteiger partial charge in [-0.3, -0.25) is 4.79 Å². The average molecular weight is 375 g/mol. The summed E-state index contributed by atoms with van der Waals surface area (Å²) in [6.07, 6.45) is -0.911. The number of nitrogens with one attached hydrogen (secondary N) is 1. The van der Waals surface area contributed by atoms with Crippen molar-refractivity contribution in [1.82, 2.24) is 5.32 Å². The van der Waals surface area contributed by atoms with Crippen LogP contribution in [0.15, 0.2) is 42.5 Å². The van der Waals surface area contributed by atoms with Crippen LogP contribution in [0, 0.1) is 0 Å². The molecule has 1 atom stereocenters. The molecule has 0 fully saturated rings. The summed E-state index contributed by atoms with van der Waals surface area (Å²) in [7, 11) is 0. The molecule has 1 unspecified atom stereocenters.